The van der Waals surface area contributed by atoms with Gasteiger partial charge in [-0.15, -0.1) is 24.0 Å². The normalized spacial score (nSPS) is 22.8. The van der Waals surface area contributed by atoms with E-state index in [9.17, 15) is 0 Å². The van der Waals surface area contributed by atoms with Crippen LogP contribution in [0.15, 0.2) is 15.6 Å². The van der Waals surface area contributed by atoms with Gasteiger partial charge in [0.05, 0.1) is 18.4 Å². The molecular weight excluding hydrogens is 469 g/mol. The van der Waals surface area contributed by atoms with Crippen LogP contribution in [-0.2, 0) is 11.3 Å². The van der Waals surface area contributed by atoms with Crippen molar-refractivity contribution < 1.29 is 9.26 Å². The SMILES string of the molecule is CCNC(=NCc1cc(C(CC)CC)no1)NCC1CN2CCCC2CO1.I. The second kappa shape index (κ2) is 12.0. The number of hydrogen-bond acceptors (Lipinski definition) is 5. The zero-order valence-corrected chi connectivity index (χ0v) is 19.8. The molecule has 160 valence electrons. The number of ether oxygens (including phenoxy) is 1. The predicted molar refractivity (Wildman–Crippen MR) is 122 cm³/mol. The fourth-order valence-corrected chi connectivity index (χ4v) is 4.02. The van der Waals surface area contributed by atoms with Gasteiger partial charge in [-0.25, -0.2) is 4.99 Å². The van der Waals surface area contributed by atoms with Crippen molar-refractivity contribution in [1.82, 2.24) is 20.7 Å². The highest BCUT2D eigenvalue weighted by Gasteiger charge is 2.32. The van der Waals surface area contributed by atoms with Crippen molar-refractivity contribution in [3.8, 4) is 0 Å². The molecule has 2 atom stereocenters. The van der Waals surface area contributed by atoms with Crippen molar-refractivity contribution >= 4 is 29.9 Å². The van der Waals surface area contributed by atoms with Gasteiger partial charge in [-0.3, -0.25) is 4.90 Å². The molecule has 28 heavy (non-hydrogen) atoms. The minimum atomic E-state index is 0. The summed E-state index contributed by atoms with van der Waals surface area (Å²) in [4.78, 5) is 7.21. The summed E-state index contributed by atoms with van der Waals surface area (Å²) in [5.74, 6) is 2.07. The molecule has 0 spiro atoms. The van der Waals surface area contributed by atoms with Crippen molar-refractivity contribution in [2.24, 2.45) is 4.99 Å². The highest BCUT2D eigenvalue weighted by Crippen LogP contribution is 2.23. The molecule has 2 aliphatic heterocycles. The van der Waals surface area contributed by atoms with Crippen molar-refractivity contribution in [2.75, 3.05) is 32.8 Å². The lowest BCUT2D eigenvalue weighted by Gasteiger charge is -2.35. The number of hydrogen-bond donors (Lipinski definition) is 2. The summed E-state index contributed by atoms with van der Waals surface area (Å²) in [6.45, 7) is 11.6. The lowest BCUT2D eigenvalue weighted by atomic mass is 9.99. The minimum Gasteiger partial charge on any atom is -0.373 e. The van der Waals surface area contributed by atoms with Gasteiger partial charge >= 0.3 is 0 Å². The number of aromatic nitrogens is 1. The number of morpholine rings is 1. The molecule has 0 bridgehead atoms. The smallest absolute Gasteiger partial charge is 0.191 e. The topological polar surface area (TPSA) is 74.9 Å². The number of nitrogens with one attached hydrogen (secondary N) is 2. The summed E-state index contributed by atoms with van der Waals surface area (Å²) in [7, 11) is 0. The Labute approximate surface area is 186 Å². The molecule has 7 nitrogen and oxygen atoms in total. The van der Waals surface area contributed by atoms with Crippen molar-refractivity contribution in [3.05, 3.63) is 17.5 Å². The zero-order chi connectivity index (χ0) is 19.1. The van der Waals surface area contributed by atoms with Gasteiger partial charge < -0.3 is 19.9 Å². The summed E-state index contributed by atoms with van der Waals surface area (Å²) in [5, 5.41) is 10.9. The van der Waals surface area contributed by atoms with Crippen LogP contribution in [0.2, 0.25) is 0 Å². The Morgan fingerprint density at radius 3 is 2.89 bits per heavy atom. The first-order chi connectivity index (χ1) is 13.2. The summed E-state index contributed by atoms with van der Waals surface area (Å²) in [5.41, 5.74) is 1.04. The quantitative estimate of drug-likeness (QED) is 0.322. The van der Waals surface area contributed by atoms with Gasteiger partial charge in [0, 0.05) is 37.7 Å². The summed E-state index contributed by atoms with van der Waals surface area (Å²) in [6, 6.07) is 2.68. The molecule has 0 amide bonds. The Hall–Kier alpha value is -0.870. The molecule has 0 radical (unpaired) electrons. The van der Waals surface area contributed by atoms with Crippen molar-refractivity contribution in [2.45, 2.75) is 71.1 Å². The van der Waals surface area contributed by atoms with Crippen LogP contribution >= 0.6 is 24.0 Å². The Balaban J connectivity index is 0.00000280. The number of guanidine groups is 1. The minimum absolute atomic E-state index is 0. The first-order valence-electron chi connectivity index (χ1n) is 10.6. The van der Waals surface area contributed by atoms with E-state index in [4.69, 9.17) is 9.26 Å². The van der Waals surface area contributed by atoms with Gasteiger partial charge in [-0.2, -0.15) is 0 Å². The largest absolute Gasteiger partial charge is 0.373 e. The maximum atomic E-state index is 6.02. The van der Waals surface area contributed by atoms with Crippen LogP contribution < -0.4 is 10.6 Å². The first-order valence-corrected chi connectivity index (χ1v) is 10.6. The van der Waals surface area contributed by atoms with Crippen LogP contribution in [0.25, 0.3) is 0 Å². The third kappa shape index (κ3) is 6.32. The Bertz CT molecular complexity index is 605. The lowest BCUT2D eigenvalue weighted by molar-refractivity contribution is -0.0453. The maximum absolute atomic E-state index is 6.02. The van der Waals surface area contributed by atoms with E-state index in [0.29, 0.717) is 18.5 Å². The summed E-state index contributed by atoms with van der Waals surface area (Å²) < 4.78 is 11.5. The fourth-order valence-electron chi connectivity index (χ4n) is 4.02. The molecule has 2 aliphatic rings. The first kappa shape index (κ1) is 23.4. The van der Waals surface area contributed by atoms with E-state index in [1.807, 2.05) is 6.07 Å². The second-order valence-electron chi connectivity index (χ2n) is 7.55. The van der Waals surface area contributed by atoms with Gasteiger partial charge in [0.25, 0.3) is 0 Å². The number of halogens is 1. The summed E-state index contributed by atoms with van der Waals surface area (Å²) in [6.07, 6.45) is 4.95. The van der Waals surface area contributed by atoms with Gasteiger partial charge in [0.2, 0.25) is 0 Å². The maximum Gasteiger partial charge on any atom is 0.191 e. The summed E-state index contributed by atoms with van der Waals surface area (Å²) >= 11 is 0. The molecule has 2 N–H and O–H groups in total. The van der Waals surface area contributed by atoms with Crippen molar-refractivity contribution in [3.63, 3.8) is 0 Å². The number of nitrogens with zero attached hydrogens (tertiary/aromatic N) is 3. The highest BCUT2D eigenvalue weighted by atomic mass is 127. The molecule has 0 saturated carbocycles. The number of fused-ring (bicyclic) bond motifs is 1. The number of rotatable bonds is 8. The monoisotopic (exact) mass is 505 g/mol. The zero-order valence-electron chi connectivity index (χ0n) is 17.4. The molecule has 8 heteroatoms. The van der Waals surface area contributed by atoms with Gasteiger partial charge in [0.15, 0.2) is 11.7 Å². The molecule has 3 rings (SSSR count). The van der Waals surface area contributed by atoms with E-state index in [1.54, 1.807) is 0 Å². The van der Waals surface area contributed by atoms with Gasteiger partial charge in [0.1, 0.15) is 6.54 Å². The van der Waals surface area contributed by atoms with Gasteiger partial charge in [-0.05, 0) is 39.2 Å². The number of aliphatic imine (C=N–C) groups is 1. The van der Waals surface area contributed by atoms with E-state index in [2.05, 4.69) is 46.5 Å². The molecule has 0 aromatic carbocycles. The fraction of sp³-hybridized carbons (Fsp3) is 0.800. The molecule has 3 heterocycles. The van der Waals surface area contributed by atoms with Crippen LogP contribution in [0.3, 0.4) is 0 Å². The third-order valence-corrected chi connectivity index (χ3v) is 5.68. The van der Waals surface area contributed by atoms with Crippen LogP contribution in [0.1, 0.15) is 63.8 Å². The standard InChI is InChI=1S/C20H35N5O2.HI/c1-4-15(5-2)19-10-17(27-24-19)11-22-20(21-6-3)23-12-18-13-25-9-7-8-16(25)14-26-18;/h10,15-16,18H,4-9,11-14H2,1-3H3,(H2,21,22,23);1H. The van der Waals surface area contributed by atoms with Crippen LogP contribution in [0.4, 0.5) is 0 Å². The Morgan fingerprint density at radius 2 is 2.14 bits per heavy atom. The second-order valence-corrected chi connectivity index (χ2v) is 7.55. The molecule has 2 saturated heterocycles. The highest BCUT2D eigenvalue weighted by molar-refractivity contribution is 14.0. The molecule has 2 unspecified atom stereocenters. The Kier molecular flexibility index (Phi) is 10.0. The van der Waals surface area contributed by atoms with E-state index in [1.165, 1.54) is 19.4 Å². The molecule has 1 aromatic rings. The Morgan fingerprint density at radius 1 is 1.32 bits per heavy atom. The third-order valence-electron chi connectivity index (χ3n) is 5.68. The molecule has 1 aromatic heterocycles. The van der Waals surface area contributed by atoms with Crippen LogP contribution in [-0.4, -0.2) is 60.9 Å². The predicted octanol–water partition coefficient (Wildman–Crippen LogP) is 3.11. The average Bonchev–Trinajstić information content (AvgIpc) is 3.34. The average molecular weight is 505 g/mol. The van der Waals surface area contributed by atoms with Gasteiger partial charge in [-0.1, -0.05) is 19.0 Å². The lowest BCUT2D eigenvalue weighted by Crippen LogP contribution is -2.51. The van der Waals surface area contributed by atoms with Crippen molar-refractivity contribution in [1.29, 1.82) is 0 Å². The molecule has 2 fully saturated rings. The van der Waals surface area contributed by atoms with E-state index in [-0.39, 0.29) is 30.1 Å². The van der Waals surface area contributed by atoms with E-state index in [0.717, 1.165) is 56.5 Å². The van der Waals surface area contributed by atoms with E-state index < -0.39 is 0 Å². The molecule has 0 aliphatic carbocycles. The van der Waals surface area contributed by atoms with Crippen LogP contribution in [0.5, 0.6) is 0 Å². The molecular formula is C20H36IN5O2. The van der Waals surface area contributed by atoms with E-state index >= 15 is 0 Å². The van der Waals surface area contributed by atoms with Crippen LogP contribution in [0, 0.1) is 0 Å².